The summed E-state index contributed by atoms with van der Waals surface area (Å²) in [5, 5.41) is 13.8. The van der Waals surface area contributed by atoms with Gasteiger partial charge in [-0.15, -0.1) is 0 Å². The molecule has 0 aliphatic heterocycles. The summed E-state index contributed by atoms with van der Waals surface area (Å²) >= 11 is 11.7. The molecule has 2 N–H and O–H groups in total. The summed E-state index contributed by atoms with van der Waals surface area (Å²) < 4.78 is 5.46. The SMILES string of the molecule is CCCCOCCCNCc1cc(Cl)cc(Cl)c1O. The Morgan fingerprint density at radius 2 is 1.95 bits per heavy atom. The first-order valence-electron chi connectivity index (χ1n) is 6.60. The van der Waals surface area contributed by atoms with E-state index in [0.717, 1.165) is 39.0 Å². The molecule has 0 radical (unpaired) electrons. The highest BCUT2D eigenvalue weighted by Gasteiger charge is 2.07. The monoisotopic (exact) mass is 305 g/mol. The van der Waals surface area contributed by atoms with Gasteiger partial charge in [-0.05, 0) is 31.5 Å². The normalized spacial score (nSPS) is 10.9. The van der Waals surface area contributed by atoms with Gasteiger partial charge in [-0.1, -0.05) is 36.5 Å². The van der Waals surface area contributed by atoms with Crippen LogP contribution in [0.25, 0.3) is 0 Å². The molecule has 1 aromatic rings. The standard InChI is InChI=1S/C14H21Cl2NO2/c1-2-3-6-19-7-4-5-17-10-11-8-12(15)9-13(16)14(11)18/h8-9,17-18H,2-7,10H2,1H3. The Hall–Kier alpha value is -0.480. The molecule has 1 rings (SSSR count). The summed E-state index contributed by atoms with van der Waals surface area (Å²) in [6.07, 6.45) is 3.22. The minimum Gasteiger partial charge on any atom is -0.506 e. The second-order valence-corrected chi connectivity index (χ2v) is 5.24. The highest BCUT2D eigenvalue weighted by Crippen LogP contribution is 2.30. The van der Waals surface area contributed by atoms with Gasteiger partial charge in [0, 0.05) is 30.3 Å². The molecule has 0 fully saturated rings. The fraction of sp³-hybridized carbons (Fsp3) is 0.571. The number of phenolic OH excluding ortho intramolecular Hbond substituents is 1. The molecule has 0 aromatic heterocycles. The van der Waals surface area contributed by atoms with Crippen LogP contribution < -0.4 is 5.32 Å². The largest absolute Gasteiger partial charge is 0.506 e. The number of rotatable bonds is 9. The number of ether oxygens (including phenoxy) is 1. The molecule has 0 saturated carbocycles. The first kappa shape index (κ1) is 16.6. The van der Waals surface area contributed by atoms with Crippen LogP contribution in [0.4, 0.5) is 0 Å². The van der Waals surface area contributed by atoms with E-state index in [4.69, 9.17) is 27.9 Å². The van der Waals surface area contributed by atoms with Crippen molar-refractivity contribution in [3.8, 4) is 5.75 Å². The van der Waals surface area contributed by atoms with E-state index in [1.54, 1.807) is 6.07 Å². The van der Waals surface area contributed by atoms with Crippen molar-refractivity contribution in [2.45, 2.75) is 32.7 Å². The number of phenols is 1. The van der Waals surface area contributed by atoms with E-state index in [0.29, 0.717) is 17.1 Å². The average Bonchev–Trinajstić information content (AvgIpc) is 2.38. The molecule has 0 bridgehead atoms. The van der Waals surface area contributed by atoms with Crippen molar-refractivity contribution < 1.29 is 9.84 Å². The summed E-state index contributed by atoms with van der Waals surface area (Å²) in [5.41, 5.74) is 0.712. The lowest BCUT2D eigenvalue weighted by Crippen LogP contribution is -2.16. The van der Waals surface area contributed by atoms with Gasteiger partial charge in [0.05, 0.1) is 5.02 Å². The van der Waals surface area contributed by atoms with Crippen LogP contribution in [0.15, 0.2) is 12.1 Å². The molecule has 0 spiro atoms. The topological polar surface area (TPSA) is 41.5 Å². The van der Waals surface area contributed by atoms with Gasteiger partial charge >= 0.3 is 0 Å². The maximum atomic E-state index is 9.77. The molecule has 0 atom stereocenters. The molecule has 0 unspecified atom stereocenters. The second-order valence-electron chi connectivity index (χ2n) is 4.39. The molecule has 0 aliphatic carbocycles. The molecule has 108 valence electrons. The number of unbranched alkanes of at least 4 members (excludes halogenated alkanes) is 1. The Balaban J connectivity index is 2.19. The molecule has 0 heterocycles. The Morgan fingerprint density at radius 1 is 1.21 bits per heavy atom. The Labute approximate surface area is 124 Å². The molecule has 0 aliphatic rings. The third-order valence-corrected chi connectivity index (χ3v) is 3.21. The maximum Gasteiger partial charge on any atom is 0.138 e. The molecular formula is C14H21Cl2NO2. The zero-order valence-corrected chi connectivity index (χ0v) is 12.7. The molecule has 3 nitrogen and oxygen atoms in total. The van der Waals surface area contributed by atoms with Crippen LogP contribution in [0, 0.1) is 0 Å². The van der Waals surface area contributed by atoms with Gasteiger partial charge in [0.25, 0.3) is 0 Å². The summed E-state index contributed by atoms with van der Waals surface area (Å²) in [5.74, 6) is 0.0952. The van der Waals surface area contributed by atoms with Crippen LogP contribution in [0.5, 0.6) is 5.75 Å². The number of nitrogens with one attached hydrogen (secondary N) is 1. The van der Waals surface area contributed by atoms with E-state index in [2.05, 4.69) is 12.2 Å². The summed E-state index contributed by atoms with van der Waals surface area (Å²) in [6.45, 7) is 5.11. The van der Waals surface area contributed by atoms with Gasteiger partial charge in [-0.2, -0.15) is 0 Å². The lowest BCUT2D eigenvalue weighted by atomic mass is 10.2. The molecule has 19 heavy (non-hydrogen) atoms. The molecule has 5 heteroatoms. The molecule has 0 amide bonds. The van der Waals surface area contributed by atoms with Gasteiger partial charge in [0.2, 0.25) is 0 Å². The smallest absolute Gasteiger partial charge is 0.138 e. The van der Waals surface area contributed by atoms with Crippen molar-refractivity contribution in [1.29, 1.82) is 0 Å². The van der Waals surface area contributed by atoms with Gasteiger partial charge in [-0.25, -0.2) is 0 Å². The van der Waals surface area contributed by atoms with E-state index in [-0.39, 0.29) is 10.8 Å². The van der Waals surface area contributed by atoms with Gasteiger partial charge in [0.1, 0.15) is 5.75 Å². The third kappa shape index (κ3) is 6.48. The summed E-state index contributed by atoms with van der Waals surface area (Å²) in [7, 11) is 0. The van der Waals surface area contributed by atoms with Crippen molar-refractivity contribution in [3.63, 3.8) is 0 Å². The predicted octanol–water partition coefficient (Wildman–Crippen LogP) is 4.00. The fourth-order valence-electron chi connectivity index (χ4n) is 1.62. The van der Waals surface area contributed by atoms with E-state index in [1.165, 1.54) is 6.07 Å². The van der Waals surface area contributed by atoms with Crippen molar-refractivity contribution in [1.82, 2.24) is 5.32 Å². The number of halogens is 2. The van der Waals surface area contributed by atoms with E-state index >= 15 is 0 Å². The van der Waals surface area contributed by atoms with Crippen molar-refractivity contribution in [3.05, 3.63) is 27.7 Å². The second kappa shape index (κ2) is 9.43. The minimum absolute atomic E-state index is 0.0952. The quantitative estimate of drug-likeness (QED) is 0.678. The number of hydrogen-bond donors (Lipinski definition) is 2. The lowest BCUT2D eigenvalue weighted by Gasteiger charge is -2.09. The lowest BCUT2D eigenvalue weighted by molar-refractivity contribution is 0.128. The van der Waals surface area contributed by atoms with Crippen molar-refractivity contribution >= 4 is 23.2 Å². The molecular weight excluding hydrogens is 285 g/mol. The highest BCUT2D eigenvalue weighted by atomic mass is 35.5. The molecule has 1 aromatic carbocycles. The van der Waals surface area contributed by atoms with Crippen molar-refractivity contribution in [2.75, 3.05) is 19.8 Å². The summed E-state index contributed by atoms with van der Waals surface area (Å²) in [6, 6.07) is 3.25. The van der Waals surface area contributed by atoms with E-state index in [1.807, 2.05) is 0 Å². The minimum atomic E-state index is 0.0952. The van der Waals surface area contributed by atoms with Crippen LogP contribution in [0.2, 0.25) is 10.0 Å². The van der Waals surface area contributed by atoms with Crippen LogP contribution in [0.3, 0.4) is 0 Å². The predicted molar refractivity (Wildman–Crippen MR) is 80.2 cm³/mol. The van der Waals surface area contributed by atoms with Gasteiger partial charge in [-0.3, -0.25) is 0 Å². The van der Waals surface area contributed by atoms with Crippen molar-refractivity contribution in [2.24, 2.45) is 0 Å². The number of benzene rings is 1. The van der Waals surface area contributed by atoms with Crippen LogP contribution >= 0.6 is 23.2 Å². The van der Waals surface area contributed by atoms with Crippen LogP contribution in [0.1, 0.15) is 31.7 Å². The zero-order chi connectivity index (χ0) is 14.1. The Kier molecular flexibility index (Phi) is 8.22. The highest BCUT2D eigenvalue weighted by molar-refractivity contribution is 6.35. The van der Waals surface area contributed by atoms with Gasteiger partial charge in [0.15, 0.2) is 0 Å². The first-order valence-corrected chi connectivity index (χ1v) is 7.36. The summed E-state index contributed by atoms with van der Waals surface area (Å²) in [4.78, 5) is 0. The molecule has 0 saturated heterocycles. The van der Waals surface area contributed by atoms with Crippen LogP contribution in [-0.4, -0.2) is 24.9 Å². The van der Waals surface area contributed by atoms with E-state index < -0.39 is 0 Å². The Morgan fingerprint density at radius 3 is 2.68 bits per heavy atom. The first-order chi connectivity index (χ1) is 9.15. The Bertz CT molecular complexity index is 386. The maximum absolute atomic E-state index is 9.77. The number of hydrogen-bond acceptors (Lipinski definition) is 3. The average molecular weight is 306 g/mol. The van der Waals surface area contributed by atoms with E-state index in [9.17, 15) is 5.11 Å². The number of aromatic hydroxyl groups is 1. The third-order valence-electron chi connectivity index (χ3n) is 2.71. The fourth-order valence-corrected chi connectivity index (χ4v) is 2.16. The van der Waals surface area contributed by atoms with Gasteiger partial charge < -0.3 is 15.2 Å². The zero-order valence-electron chi connectivity index (χ0n) is 11.2. The van der Waals surface area contributed by atoms with Crippen LogP contribution in [-0.2, 0) is 11.3 Å².